The molecule has 1 aromatic carbocycles. The lowest BCUT2D eigenvalue weighted by molar-refractivity contribution is 0.287. The Hall–Kier alpha value is -2.08. The van der Waals surface area contributed by atoms with E-state index in [-0.39, 0.29) is 12.1 Å². The van der Waals surface area contributed by atoms with E-state index in [0.717, 1.165) is 34.4 Å². The zero-order chi connectivity index (χ0) is 22.3. The number of nitrogens with one attached hydrogen (secondary N) is 1. The predicted octanol–water partition coefficient (Wildman–Crippen LogP) is 6.42. The fourth-order valence-electron chi connectivity index (χ4n) is 4.46. The molecule has 0 amide bonds. The van der Waals surface area contributed by atoms with Crippen molar-refractivity contribution < 1.29 is 0 Å². The minimum Gasteiger partial charge on any atom is -0.352 e. The van der Waals surface area contributed by atoms with E-state index in [0.29, 0.717) is 16.0 Å². The molecule has 0 radical (unpaired) electrons. The summed E-state index contributed by atoms with van der Waals surface area (Å²) in [5.74, 6) is 0.468. The maximum absolute atomic E-state index is 6.58. The average Bonchev–Trinajstić information content (AvgIpc) is 3.20. The Morgan fingerprint density at radius 3 is 2.58 bits per heavy atom. The standard InChI is InChI=1S/C24H26Cl2N4S/c1-14(2)13-29-23(22(28-24(29)31)19-9-5-6-11-27-19)17-12-15(3)30(16(17)4)20-10-7-8-18(25)21(20)26/h5-12,14,22-23H,13H2,1-4H3,(H,28,31)/t22-,23-/m0/s1. The molecule has 4 rings (SSSR count). The van der Waals surface area contributed by atoms with Gasteiger partial charge >= 0.3 is 0 Å². The SMILES string of the molecule is Cc1cc([C@H]2[C@H](c3ccccn3)NC(=S)N2CC(C)C)c(C)n1-c1cccc(Cl)c1Cl. The van der Waals surface area contributed by atoms with Gasteiger partial charge in [0.1, 0.15) is 0 Å². The third kappa shape index (κ3) is 4.07. The summed E-state index contributed by atoms with van der Waals surface area (Å²) in [6, 6.07) is 14.0. The van der Waals surface area contributed by atoms with Crippen LogP contribution >= 0.6 is 35.4 Å². The van der Waals surface area contributed by atoms with Gasteiger partial charge in [-0.2, -0.15) is 0 Å². The molecule has 162 valence electrons. The monoisotopic (exact) mass is 472 g/mol. The molecule has 0 saturated carbocycles. The number of rotatable bonds is 5. The zero-order valence-corrected chi connectivity index (χ0v) is 20.4. The maximum atomic E-state index is 6.58. The first-order chi connectivity index (χ1) is 14.8. The lowest BCUT2D eigenvalue weighted by atomic mass is 9.96. The van der Waals surface area contributed by atoms with E-state index in [9.17, 15) is 0 Å². The van der Waals surface area contributed by atoms with Crippen molar-refractivity contribution in [3.05, 3.63) is 81.4 Å². The molecular formula is C24H26Cl2N4S. The topological polar surface area (TPSA) is 33.1 Å². The van der Waals surface area contributed by atoms with Crippen molar-refractivity contribution in [2.24, 2.45) is 5.92 Å². The zero-order valence-electron chi connectivity index (χ0n) is 18.1. The fraction of sp³-hybridized carbons (Fsp3) is 0.333. The minimum atomic E-state index is -0.0313. The lowest BCUT2D eigenvalue weighted by Gasteiger charge is -2.29. The summed E-state index contributed by atoms with van der Waals surface area (Å²) >= 11 is 18.7. The Balaban J connectivity index is 1.86. The van der Waals surface area contributed by atoms with Crippen LogP contribution in [-0.4, -0.2) is 26.1 Å². The molecule has 2 aromatic heterocycles. The molecule has 1 fully saturated rings. The molecular weight excluding hydrogens is 447 g/mol. The highest BCUT2D eigenvalue weighted by molar-refractivity contribution is 7.80. The van der Waals surface area contributed by atoms with Crippen LogP contribution in [0.3, 0.4) is 0 Å². The van der Waals surface area contributed by atoms with Gasteiger partial charge in [-0.3, -0.25) is 4.98 Å². The predicted molar refractivity (Wildman–Crippen MR) is 132 cm³/mol. The van der Waals surface area contributed by atoms with Crippen molar-refractivity contribution >= 4 is 40.5 Å². The van der Waals surface area contributed by atoms with Crippen molar-refractivity contribution in [2.45, 2.75) is 39.8 Å². The average molecular weight is 473 g/mol. The molecule has 4 nitrogen and oxygen atoms in total. The summed E-state index contributed by atoms with van der Waals surface area (Å²) in [4.78, 5) is 6.93. The number of benzene rings is 1. The summed E-state index contributed by atoms with van der Waals surface area (Å²) in [6.07, 6.45) is 1.83. The number of nitrogens with zero attached hydrogens (tertiary/aromatic N) is 3. The van der Waals surface area contributed by atoms with Gasteiger partial charge in [-0.15, -0.1) is 0 Å². The second kappa shape index (κ2) is 8.81. The molecule has 7 heteroatoms. The molecule has 0 spiro atoms. The van der Waals surface area contributed by atoms with E-state index in [1.807, 2.05) is 36.5 Å². The lowest BCUT2D eigenvalue weighted by Crippen LogP contribution is -2.33. The number of hydrogen-bond donors (Lipinski definition) is 1. The largest absolute Gasteiger partial charge is 0.352 e. The highest BCUT2D eigenvalue weighted by atomic mass is 35.5. The van der Waals surface area contributed by atoms with Crippen molar-refractivity contribution in [1.82, 2.24) is 19.8 Å². The first-order valence-electron chi connectivity index (χ1n) is 10.4. The number of halogens is 2. The third-order valence-electron chi connectivity index (χ3n) is 5.72. The molecule has 2 atom stereocenters. The van der Waals surface area contributed by atoms with Crippen LogP contribution in [0.15, 0.2) is 48.7 Å². The number of aryl methyl sites for hydroxylation is 1. The van der Waals surface area contributed by atoms with E-state index in [4.69, 9.17) is 35.4 Å². The Kier molecular flexibility index (Phi) is 6.29. The first-order valence-corrected chi connectivity index (χ1v) is 11.6. The summed E-state index contributed by atoms with van der Waals surface area (Å²) in [6.45, 7) is 9.51. The van der Waals surface area contributed by atoms with Crippen LogP contribution in [-0.2, 0) is 0 Å². The fourth-order valence-corrected chi connectivity index (χ4v) is 5.15. The summed E-state index contributed by atoms with van der Waals surface area (Å²) in [5, 5.41) is 5.39. The number of thiocarbonyl (C=S) groups is 1. The van der Waals surface area contributed by atoms with Crippen molar-refractivity contribution in [2.75, 3.05) is 6.54 Å². The van der Waals surface area contributed by atoms with Crippen molar-refractivity contribution in [1.29, 1.82) is 0 Å². The van der Waals surface area contributed by atoms with Gasteiger partial charge in [0.25, 0.3) is 0 Å². The third-order valence-corrected chi connectivity index (χ3v) is 6.88. The smallest absolute Gasteiger partial charge is 0.170 e. The molecule has 31 heavy (non-hydrogen) atoms. The molecule has 1 N–H and O–H groups in total. The summed E-state index contributed by atoms with van der Waals surface area (Å²) < 4.78 is 2.17. The van der Waals surface area contributed by atoms with E-state index in [1.54, 1.807) is 0 Å². The number of hydrogen-bond acceptors (Lipinski definition) is 2. The van der Waals surface area contributed by atoms with Crippen LogP contribution in [0.2, 0.25) is 10.0 Å². The molecule has 1 aliphatic rings. The molecule has 0 unspecified atom stereocenters. The van der Waals surface area contributed by atoms with Gasteiger partial charge in [-0.25, -0.2) is 0 Å². The summed E-state index contributed by atoms with van der Waals surface area (Å²) in [7, 11) is 0. The first kappa shape index (κ1) is 22.1. The van der Waals surface area contributed by atoms with Crippen molar-refractivity contribution in [3.8, 4) is 5.69 Å². The van der Waals surface area contributed by atoms with E-state index < -0.39 is 0 Å². The molecule has 3 heterocycles. The number of aromatic nitrogens is 2. The quantitative estimate of drug-likeness (QED) is 0.434. The van der Waals surface area contributed by atoms with E-state index in [2.05, 4.69) is 59.6 Å². The highest BCUT2D eigenvalue weighted by Gasteiger charge is 2.41. The van der Waals surface area contributed by atoms with Gasteiger partial charge in [0.2, 0.25) is 0 Å². The molecule has 1 saturated heterocycles. The van der Waals surface area contributed by atoms with Crippen LogP contribution in [0.5, 0.6) is 0 Å². The van der Waals surface area contributed by atoms with Crippen LogP contribution in [0.25, 0.3) is 5.69 Å². The Morgan fingerprint density at radius 1 is 1.13 bits per heavy atom. The van der Waals surface area contributed by atoms with E-state index in [1.165, 1.54) is 5.56 Å². The molecule has 0 bridgehead atoms. The molecule has 3 aromatic rings. The van der Waals surface area contributed by atoms with Crippen molar-refractivity contribution in [3.63, 3.8) is 0 Å². The molecule has 0 aliphatic carbocycles. The highest BCUT2D eigenvalue weighted by Crippen LogP contribution is 2.42. The normalized spacial score (nSPS) is 18.7. The Labute approximate surface area is 199 Å². The van der Waals surface area contributed by atoms with Gasteiger partial charge in [0.05, 0.1) is 33.5 Å². The second-order valence-electron chi connectivity index (χ2n) is 8.41. The van der Waals surface area contributed by atoms with Gasteiger partial charge in [0.15, 0.2) is 5.11 Å². The van der Waals surface area contributed by atoms with Gasteiger partial charge in [-0.05, 0) is 67.9 Å². The Bertz CT molecular complexity index is 1110. The van der Waals surface area contributed by atoms with Gasteiger partial charge in [0, 0.05) is 24.1 Å². The van der Waals surface area contributed by atoms with E-state index >= 15 is 0 Å². The maximum Gasteiger partial charge on any atom is 0.170 e. The van der Waals surface area contributed by atoms with Gasteiger partial charge in [-0.1, -0.05) is 49.2 Å². The number of pyridine rings is 1. The second-order valence-corrected chi connectivity index (χ2v) is 9.58. The van der Waals surface area contributed by atoms with Crippen LogP contribution in [0.1, 0.15) is 48.6 Å². The van der Waals surface area contributed by atoms with Crippen LogP contribution in [0, 0.1) is 19.8 Å². The van der Waals surface area contributed by atoms with Gasteiger partial charge < -0.3 is 14.8 Å². The minimum absolute atomic E-state index is 0.0303. The molecule has 1 aliphatic heterocycles. The van der Waals surface area contributed by atoms with Crippen LogP contribution < -0.4 is 5.32 Å². The van der Waals surface area contributed by atoms with Crippen LogP contribution in [0.4, 0.5) is 0 Å². The summed E-state index contributed by atoms with van der Waals surface area (Å²) in [5.41, 5.74) is 5.28. The Morgan fingerprint density at radius 2 is 1.90 bits per heavy atom.